The Morgan fingerprint density at radius 3 is 2.36 bits per heavy atom. The van der Waals surface area contributed by atoms with Gasteiger partial charge < -0.3 is 10.2 Å². The van der Waals surface area contributed by atoms with Gasteiger partial charge in [0.05, 0.1) is 0 Å². The molecule has 0 saturated heterocycles. The fourth-order valence-corrected chi connectivity index (χ4v) is 3.47. The summed E-state index contributed by atoms with van der Waals surface area (Å²) in [5.74, 6) is -0.233. The summed E-state index contributed by atoms with van der Waals surface area (Å²) < 4.78 is 12.9. The van der Waals surface area contributed by atoms with Crippen molar-refractivity contribution in [2.45, 2.75) is 64.3 Å². The Balaban J connectivity index is 1.72. The molecule has 4 nitrogen and oxygen atoms in total. The van der Waals surface area contributed by atoms with Crippen molar-refractivity contribution in [2.24, 2.45) is 0 Å². The fraction of sp³-hybridized carbons (Fsp3) is 0.600. The minimum atomic E-state index is -0.254. The molecule has 0 radical (unpaired) electrons. The minimum absolute atomic E-state index is 0.0398. The summed E-state index contributed by atoms with van der Waals surface area (Å²) in [6, 6.07) is 6.59. The second-order valence-electron chi connectivity index (χ2n) is 6.83. The van der Waals surface area contributed by atoms with Crippen LogP contribution in [-0.4, -0.2) is 35.8 Å². The van der Waals surface area contributed by atoms with E-state index in [1.165, 1.54) is 25.0 Å². The van der Waals surface area contributed by atoms with E-state index in [0.717, 1.165) is 31.2 Å². The molecule has 5 heteroatoms. The van der Waals surface area contributed by atoms with E-state index in [-0.39, 0.29) is 23.7 Å². The molecule has 0 unspecified atom stereocenters. The van der Waals surface area contributed by atoms with Gasteiger partial charge in [-0.25, -0.2) is 4.39 Å². The number of amides is 2. The largest absolute Gasteiger partial charge is 0.356 e. The molecule has 0 aliphatic heterocycles. The summed E-state index contributed by atoms with van der Waals surface area (Å²) in [6.07, 6.45) is 7.91. The number of hydrogen-bond acceptors (Lipinski definition) is 2. The highest BCUT2D eigenvalue weighted by atomic mass is 19.1. The quantitative estimate of drug-likeness (QED) is 0.767. The van der Waals surface area contributed by atoms with Crippen LogP contribution in [0.1, 0.15) is 57.4 Å². The van der Waals surface area contributed by atoms with E-state index < -0.39 is 0 Å². The van der Waals surface area contributed by atoms with Crippen molar-refractivity contribution < 1.29 is 14.0 Å². The van der Waals surface area contributed by atoms with Gasteiger partial charge in [-0.15, -0.1) is 0 Å². The van der Waals surface area contributed by atoms with E-state index in [2.05, 4.69) is 5.32 Å². The number of carbonyl (C=O) groups is 2. The maximum Gasteiger partial charge on any atom is 0.221 e. The summed E-state index contributed by atoms with van der Waals surface area (Å²) >= 11 is 0. The van der Waals surface area contributed by atoms with E-state index in [4.69, 9.17) is 0 Å². The van der Waals surface area contributed by atoms with Gasteiger partial charge in [0, 0.05) is 32.5 Å². The molecule has 1 aliphatic carbocycles. The smallest absolute Gasteiger partial charge is 0.221 e. The van der Waals surface area contributed by atoms with Crippen molar-refractivity contribution in [2.75, 3.05) is 13.1 Å². The molecule has 2 amide bonds. The summed E-state index contributed by atoms with van der Waals surface area (Å²) in [6.45, 7) is 2.60. The van der Waals surface area contributed by atoms with Gasteiger partial charge in [-0.05, 0) is 37.0 Å². The van der Waals surface area contributed by atoms with Crippen LogP contribution in [0.15, 0.2) is 24.3 Å². The Bertz CT molecular complexity index is 551. The van der Waals surface area contributed by atoms with E-state index >= 15 is 0 Å². The van der Waals surface area contributed by atoms with Gasteiger partial charge in [0.2, 0.25) is 11.8 Å². The summed E-state index contributed by atoms with van der Waals surface area (Å²) in [5, 5.41) is 2.88. The van der Waals surface area contributed by atoms with Crippen molar-refractivity contribution >= 4 is 11.8 Å². The number of halogens is 1. The van der Waals surface area contributed by atoms with Crippen LogP contribution in [0.2, 0.25) is 0 Å². The van der Waals surface area contributed by atoms with Crippen molar-refractivity contribution in [3.8, 4) is 0 Å². The molecule has 0 bridgehead atoms. The van der Waals surface area contributed by atoms with Crippen molar-refractivity contribution in [3.63, 3.8) is 0 Å². The monoisotopic (exact) mass is 348 g/mol. The second-order valence-corrected chi connectivity index (χ2v) is 6.83. The predicted octanol–water partition coefficient (Wildman–Crippen LogP) is 3.45. The molecule has 1 fully saturated rings. The maximum absolute atomic E-state index is 12.9. The van der Waals surface area contributed by atoms with Crippen molar-refractivity contribution in [3.05, 3.63) is 35.6 Å². The van der Waals surface area contributed by atoms with Gasteiger partial charge in [0.1, 0.15) is 5.82 Å². The SMILES string of the molecule is CC(=O)N(CCC(=O)NCCc1ccc(F)cc1)C1CCCCCC1. The number of hydrogen-bond donors (Lipinski definition) is 1. The standard InChI is InChI=1S/C20H29FN2O2/c1-16(24)23(19-6-4-2-3-5-7-19)15-13-20(25)22-14-12-17-8-10-18(21)11-9-17/h8-11,19H,2-7,12-15H2,1H3,(H,22,25). The molecule has 0 atom stereocenters. The van der Waals surface area contributed by atoms with Gasteiger partial charge in [-0.1, -0.05) is 37.8 Å². The van der Waals surface area contributed by atoms with Crippen LogP contribution in [0, 0.1) is 5.82 Å². The van der Waals surface area contributed by atoms with Crippen LogP contribution in [-0.2, 0) is 16.0 Å². The molecule has 0 aromatic heterocycles. The van der Waals surface area contributed by atoms with E-state index in [9.17, 15) is 14.0 Å². The fourth-order valence-electron chi connectivity index (χ4n) is 3.47. The first-order valence-electron chi connectivity index (χ1n) is 9.34. The molecule has 0 heterocycles. The van der Waals surface area contributed by atoms with Gasteiger partial charge in [0.15, 0.2) is 0 Å². The van der Waals surface area contributed by atoms with E-state index in [1.807, 2.05) is 4.90 Å². The summed E-state index contributed by atoms with van der Waals surface area (Å²) in [7, 11) is 0. The Labute approximate surface area is 149 Å². The predicted molar refractivity (Wildman–Crippen MR) is 96.6 cm³/mol. The lowest BCUT2D eigenvalue weighted by molar-refractivity contribution is -0.132. The molecule has 1 aliphatic rings. The van der Waals surface area contributed by atoms with E-state index in [0.29, 0.717) is 25.9 Å². The average Bonchev–Trinajstić information content (AvgIpc) is 2.86. The highest BCUT2D eigenvalue weighted by Crippen LogP contribution is 2.22. The topological polar surface area (TPSA) is 49.4 Å². The summed E-state index contributed by atoms with van der Waals surface area (Å²) in [5.41, 5.74) is 0.991. The van der Waals surface area contributed by atoms with Crippen LogP contribution in [0.3, 0.4) is 0 Å². The molecule has 1 N–H and O–H groups in total. The number of benzene rings is 1. The zero-order chi connectivity index (χ0) is 18.1. The molecular weight excluding hydrogens is 319 g/mol. The number of carbonyl (C=O) groups excluding carboxylic acids is 2. The second kappa shape index (κ2) is 10.2. The van der Waals surface area contributed by atoms with E-state index in [1.54, 1.807) is 19.1 Å². The van der Waals surface area contributed by atoms with Crippen LogP contribution < -0.4 is 5.32 Å². The highest BCUT2D eigenvalue weighted by Gasteiger charge is 2.22. The van der Waals surface area contributed by atoms with Gasteiger partial charge >= 0.3 is 0 Å². The molecule has 1 aromatic carbocycles. The van der Waals surface area contributed by atoms with Crippen LogP contribution in [0.5, 0.6) is 0 Å². The first-order chi connectivity index (χ1) is 12.1. The Morgan fingerprint density at radius 1 is 1.12 bits per heavy atom. The number of rotatable bonds is 7. The van der Waals surface area contributed by atoms with Gasteiger partial charge in [0.25, 0.3) is 0 Å². The van der Waals surface area contributed by atoms with Crippen molar-refractivity contribution in [1.82, 2.24) is 10.2 Å². The Hall–Kier alpha value is -1.91. The van der Waals surface area contributed by atoms with Crippen LogP contribution in [0.25, 0.3) is 0 Å². The molecule has 25 heavy (non-hydrogen) atoms. The van der Waals surface area contributed by atoms with Gasteiger partial charge in [-0.2, -0.15) is 0 Å². The Morgan fingerprint density at radius 2 is 1.76 bits per heavy atom. The third kappa shape index (κ3) is 6.85. The highest BCUT2D eigenvalue weighted by molar-refractivity contribution is 5.78. The van der Waals surface area contributed by atoms with Crippen LogP contribution in [0.4, 0.5) is 4.39 Å². The van der Waals surface area contributed by atoms with Crippen LogP contribution >= 0.6 is 0 Å². The first kappa shape index (κ1) is 19.4. The lowest BCUT2D eigenvalue weighted by Gasteiger charge is -2.30. The average molecular weight is 348 g/mol. The van der Waals surface area contributed by atoms with Crippen molar-refractivity contribution in [1.29, 1.82) is 0 Å². The zero-order valence-corrected chi connectivity index (χ0v) is 15.1. The zero-order valence-electron chi connectivity index (χ0n) is 15.1. The lowest BCUT2D eigenvalue weighted by Crippen LogP contribution is -2.41. The minimum Gasteiger partial charge on any atom is -0.356 e. The summed E-state index contributed by atoms with van der Waals surface area (Å²) in [4.78, 5) is 25.9. The third-order valence-electron chi connectivity index (χ3n) is 4.90. The third-order valence-corrected chi connectivity index (χ3v) is 4.90. The molecule has 138 valence electrons. The first-order valence-corrected chi connectivity index (χ1v) is 9.34. The number of nitrogens with zero attached hydrogens (tertiary/aromatic N) is 1. The Kier molecular flexibility index (Phi) is 7.89. The number of nitrogens with one attached hydrogen (secondary N) is 1. The molecule has 1 saturated carbocycles. The lowest BCUT2D eigenvalue weighted by atomic mass is 10.1. The molecule has 1 aromatic rings. The van der Waals surface area contributed by atoms with Gasteiger partial charge in [-0.3, -0.25) is 9.59 Å². The molecular formula is C20H29FN2O2. The maximum atomic E-state index is 12.9. The molecule has 0 spiro atoms. The molecule has 2 rings (SSSR count). The normalized spacial score (nSPS) is 15.4.